The van der Waals surface area contributed by atoms with Crippen LogP contribution in [0.25, 0.3) is 16.8 Å². The second-order valence-corrected chi connectivity index (χ2v) is 8.11. The fourth-order valence-corrected chi connectivity index (χ4v) is 3.67. The maximum atomic E-state index is 10.3. The van der Waals surface area contributed by atoms with Gasteiger partial charge in [0.25, 0.3) is 0 Å². The van der Waals surface area contributed by atoms with Crippen LogP contribution in [-0.2, 0) is 0 Å². The third-order valence-electron chi connectivity index (χ3n) is 5.59. The summed E-state index contributed by atoms with van der Waals surface area (Å²) >= 11 is 0. The molecule has 3 N–H and O–H groups in total. The van der Waals surface area contributed by atoms with Gasteiger partial charge in [-0.2, -0.15) is 0 Å². The molecule has 1 heterocycles. The van der Waals surface area contributed by atoms with Gasteiger partial charge in [-0.1, -0.05) is 43.7 Å². The van der Waals surface area contributed by atoms with E-state index in [1.807, 2.05) is 12.1 Å². The van der Waals surface area contributed by atoms with Crippen molar-refractivity contribution in [3.8, 4) is 5.75 Å². The molecule has 0 bridgehead atoms. The summed E-state index contributed by atoms with van der Waals surface area (Å²) < 4.78 is 5.81. The van der Waals surface area contributed by atoms with Crippen LogP contribution < -0.4 is 4.74 Å². The summed E-state index contributed by atoms with van der Waals surface area (Å²) in [6.07, 6.45) is 7.05. The number of rotatable bonds is 9. The Balaban J connectivity index is 1.50. The van der Waals surface area contributed by atoms with Crippen molar-refractivity contribution < 1.29 is 20.1 Å². The van der Waals surface area contributed by atoms with Crippen LogP contribution in [0.3, 0.4) is 0 Å². The van der Waals surface area contributed by atoms with Crippen molar-refractivity contribution in [2.45, 2.75) is 44.3 Å². The summed E-state index contributed by atoms with van der Waals surface area (Å²) in [5.41, 5.74) is 0.235. The van der Waals surface area contributed by atoms with E-state index in [2.05, 4.69) is 48.2 Å². The van der Waals surface area contributed by atoms with E-state index in [1.54, 1.807) is 0 Å². The maximum Gasteiger partial charge on any atom is 0.120 e. The quantitative estimate of drug-likeness (QED) is 0.604. The molecule has 0 aliphatic carbocycles. The number of allylic oxidation sites excluding steroid dienone is 1. The number of ether oxygens (including phenoxy) is 1. The number of unbranched alkanes of at least 4 members (excludes halogenated alkanes) is 1. The molecule has 0 radical (unpaired) electrons. The van der Waals surface area contributed by atoms with Crippen LogP contribution in [-0.4, -0.2) is 64.8 Å². The number of hydrogen-bond acceptors (Lipinski definition) is 5. The zero-order chi connectivity index (χ0) is 20.7. The number of piperidine rings is 1. The van der Waals surface area contributed by atoms with Gasteiger partial charge < -0.3 is 25.0 Å². The van der Waals surface area contributed by atoms with E-state index >= 15 is 0 Å². The molecule has 3 rings (SSSR count). The zero-order valence-electron chi connectivity index (χ0n) is 17.3. The summed E-state index contributed by atoms with van der Waals surface area (Å²) in [7, 11) is 0. The molecule has 5 heteroatoms. The van der Waals surface area contributed by atoms with E-state index in [1.165, 1.54) is 10.9 Å². The highest BCUT2D eigenvalue weighted by atomic mass is 16.5. The van der Waals surface area contributed by atoms with Crippen molar-refractivity contribution in [2.24, 2.45) is 0 Å². The lowest BCUT2D eigenvalue weighted by Crippen LogP contribution is -2.48. The van der Waals surface area contributed by atoms with Gasteiger partial charge in [-0.3, -0.25) is 0 Å². The number of hydrogen-bond donors (Lipinski definition) is 3. The zero-order valence-corrected chi connectivity index (χ0v) is 17.3. The molecule has 0 spiro atoms. The van der Waals surface area contributed by atoms with Crippen LogP contribution in [0, 0.1) is 0 Å². The Morgan fingerprint density at radius 1 is 1.14 bits per heavy atom. The summed E-state index contributed by atoms with van der Waals surface area (Å²) in [6, 6.07) is 12.4. The second-order valence-electron chi connectivity index (χ2n) is 8.11. The minimum Gasteiger partial charge on any atom is -0.491 e. The molecule has 1 saturated heterocycles. The number of fused-ring (bicyclic) bond motifs is 1. The van der Waals surface area contributed by atoms with Crippen molar-refractivity contribution in [1.82, 2.24) is 4.90 Å². The van der Waals surface area contributed by atoms with Gasteiger partial charge in [0.1, 0.15) is 18.5 Å². The highest BCUT2D eigenvalue weighted by Gasteiger charge is 2.31. The normalized spacial score (nSPS) is 18.3. The van der Waals surface area contributed by atoms with Crippen molar-refractivity contribution >= 4 is 16.8 Å². The summed E-state index contributed by atoms with van der Waals surface area (Å²) in [5.74, 6) is 0.749. The highest BCUT2D eigenvalue weighted by molar-refractivity contribution is 5.86. The van der Waals surface area contributed by atoms with Gasteiger partial charge in [-0.25, -0.2) is 0 Å². The fraction of sp³-hybridized carbons (Fsp3) is 0.500. The molecule has 1 aliphatic heterocycles. The molecule has 158 valence electrons. The first-order chi connectivity index (χ1) is 14.0. The molecule has 1 unspecified atom stereocenters. The molecular weight excluding hydrogens is 366 g/mol. The van der Waals surface area contributed by atoms with Crippen molar-refractivity contribution in [2.75, 3.05) is 32.8 Å². The van der Waals surface area contributed by atoms with Crippen LogP contribution in [0.15, 0.2) is 42.5 Å². The Morgan fingerprint density at radius 3 is 2.59 bits per heavy atom. The van der Waals surface area contributed by atoms with Crippen LogP contribution >= 0.6 is 0 Å². The van der Waals surface area contributed by atoms with E-state index < -0.39 is 11.7 Å². The first-order valence-electron chi connectivity index (χ1n) is 10.6. The number of β-amino-alcohol motifs (C(OH)–C–C–N with tert-alkyl or cyclic N) is 1. The van der Waals surface area contributed by atoms with Crippen molar-refractivity contribution in [3.63, 3.8) is 0 Å². The van der Waals surface area contributed by atoms with E-state index in [-0.39, 0.29) is 13.2 Å². The summed E-state index contributed by atoms with van der Waals surface area (Å²) in [4.78, 5) is 2.10. The topological polar surface area (TPSA) is 73.2 Å². The Morgan fingerprint density at radius 2 is 1.86 bits per heavy atom. The lowest BCUT2D eigenvalue weighted by molar-refractivity contribution is -0.0656. The molecule has 0 amide bonds. The third-order valence-corrected chi connectivity index (χ3v) is 5.59. The van der Waals surface area contributed by atoms with Crippen LogP contribution in [0.4, 0.5) is 0 Å². The minimum absolute atomic E-state index is 0.203. The van der Waals surface area contributed by atoms with Crippen LogP contribution in [0.2, 0.25) is 0 Å². The number of benzene rings is 2. The third kappa shape index (κ3) is 6.28. The van der Waals surface area contributed by atoms with E-state index in [9.17, 15) is 15.3 Å². The predicted molar refractivity (Wildman–Crippen MR) is 117 cm³/mol. The maximum absolute atomic E-state index is 10.3. The second kappa shape index (κ2) is 10.2. The minimum atomic E-state index is -0.964. The monoisotopic (exact) mass is 399 g/mol. The fourth-order valence-electron chi connectivity index (χ4n) is 3.67. The Kier molecular flexibility index (Phi) is 7.67. The molecule has 2 aromatic rings. The van der Waals surface area contributed by atoms with E-state index in [4.69, 9.17) is 4.74 Å². The molecule has 0 aromatic heterocycles. The van der Waals surface area contributed by atoms with Crippen LogP contribution in [0.1, 0.15) is 38.2 Å². The molecule has 1 atom stereocenters. The molecule has 29 heavy (non-hydrogen) atoms. The van der Waals surface area contributed by atoms with Gasteiger partial charge >= 0.3 is 0 Å². The summed E-state index contributed by atoms with van der Waals surface area (Å²) in [6.45, 7) is 4.03. The number of nitrogens with zero attached hydrogens (tertiary/aromatic N) is 1. The molecule has 1 fully saturated rings. The van der Waals surface area contributed by atoms with Crippen molar-refractivity contribution in [3.05, 3.63) is 48.0 Å². The summed E-state index contributed by atoms with van der Waals surface area (Å²) in [5, 5.41) is 31.9. The number of likely N-dealkylation sites (tertiary alicyclic amines) is 1. The van der Waals surface area contributed by atoms with Crippen molar-refractivity contribution in [1.29, 1.82) is 0 Å². The molecule has 1 aliphatic rings. The first-order valence-corrected chi connectivity index (χ1v) is 10.6. The molecule has 5 nitrogen and oxygen atoms in total. The average Bonchev–Trinajstić information content (AvgIpc) is 2.74. The smallest absolute Gasteiger partial charge is 0.120 e. The Hall–Kier alpha value is -1.92. The Bertz CT molecular complexity index is 812. The molecular formula is C24H33NO4. The molecule has 0 saturated carbocycles. The van der Waals surface area contributed by atoms with Crippen LogP contribution in [0.5, 0.6) is 5.75 Å². The largest absolute Gasteiger partial charge is 0.491 e. The lowest BCUT2D eigenvalue weighted by atomic mass is 9.92. The first kappa shape index (κ1) is 21.8. The SMILES string of the molecule is CCC/C=C/c1ccc2cc(OCC(O)CN3CCC(O)(CO)CC3)ccc2c1. The van der Waals surface area contributed by atoms with E-state index in [0.717, 1.165) is 24.0 Å². The average molecular weight is 400 g/mol. The number of aliphatic hydroxyl groups excluding tert-OH is 2. The van der Waals surface area contributed by atoms with Gasteiger partial charge in [-0.15, -0.1) is 0 Å². The lowest BCUT2D eigenvalue weighted by Gasteiger charge is -2.37. The standard InChI is InChI=1S/C24H33NO4/c1-2-3-4-5-19-6-7-21-15-23(9-8-20(21)14-19)29-17-22(27)16-25-12-10-24(28,18-26)11-13-25/h4-9,14-15,22,26-28H,2-3,10-13,16-18H2,1H3/b5-4+. The Labute approximate surface area is 173 Å². The molecule has 2 aromatic carbocycles. The number of aliphatic hydroxyl groups is 3. The highest BCUT2D eigenvalue weighted by Crippen LogP contribution is 2.24. The van der Waals surface area contributed by atoms with Gasteiger partial charge in [0.05, 0.1) is 12.2 Å². The van der Waals surface area contributed by atoms with Gasteiger partial charge in [0.2, 0.25) is 0 Å². The predicted octanol–water partition coefficient (Wildman–Crippen LogP) is 3.21. The van der Waals surface area contributed by atoms with Gasteiger partial charge in [0.15, 0.2) is 0 Å². The van der Waals surface area contributed by atoms with Gasteiger partial charge in [0, 0.05) is 19.6 Å². The van der Waals surface area contributed by atoms with Gasteiger partial charge in [-0.05, 0) is 53.8 Å². The van der Waals surface area contributed by atoms with E-state index in [0.29, 0.717) is 32.5 Å².